The average molecular weight is 448 g/mol. The second kappa shape index (κ2) is 10.5. The molecule has 0 atom stereocenters. The Morgan fingerprint density at radius 3 is 2.61 bits per heavy atom. The van der Waals surface area contributed by atoms with Crippen LogP contribution in [0.5, 0.6) is 0 Å². The maximum atomic E-state index is 13.1. The molecular formula is C28H37N3O2. The van der Waals surface area contributed by atoms with Gasteiger partial charge in [-0.05, 0) is 73.7 Å². The highest BCUT2D eigenvalue weighted by atomic mass is 16.2. The fraction of sp³-hybridized carbons (Fsp3) is 0.500. The van der Waals surface area contributed by atoms with Crippen molar-refractivity contribution in [2.75, 3.05) is 24.3 Å². The molecule has 0 bridgehead atoms. The first-order chi connectivity index (χ1) is 16.0. The predicted molar refractivity (Wildman–Crippen MR) is 135 cm³/mol. The van der Waals surface area contributed by atoms with Crippen molar-refractivity contribution in [3.05, 3.63) is 58.7 Å². The van der Waals surface area contributed by atoms with Crippen LogP contribution in [0.15, 0.2) is 36.4 Å². The zero-order chi connectivity index (χ0) is 23.4. The summed E-state index contributed by atoms with van der Waals surface area (Å²) in [5.41, 5.74) is 6.03. The molecule has 0 radical (unpaired) electrons. The largest absolute Gasteiger partial charge is 0.322 e. The van der Waals surface area contributed by atoms with Crippen LogP contribution in [-0.4, -0.2) is 36.9 Å². The molecule has 4 rings (SSSR count). The zero-order valence-electron chi connectivity index (χ0n) is 20.3. The Labute approximate surface area is 198 Å². The number of amides is 2. The zero-order valence-corrected chi connectivity index (χ0v) is 20.3. The van der Waals surface area contributed by atoms with E-state index in [0.717, 1.165) is 42.7 Å². The van der Waals surface area contributed by atoms with Gasteiger partial charge in [-0.25, -0.2) is 0 Å². The van der Waals surface area contributed by atoms with Gasteiger partial charge in [-0.1, -0.05) is 44.7 Å². The minimum atomic E-state index is -0.107. The molecule has 1 fully saturated rings. The molecule has 1 aliphatic carbocycles. The van der Waals surface area contributed by atoms with E-state index >= 15 is 0 Å². The third-order valence-corrected chi connectivity index (χ3v) is 7.29. The average Bonchev–Trinajstić information content (AvgIpc) is 2.83. The van der Waals surface area contributed by atoms with Crippen molar-refractivity contribution in [3.8, 4) is 0 Å². The molecule has 1 saturated carbocycles. The number of carbonyl (C=O) groups excluding carboxylic acids is 2. The smallest absolute Gasteiger partial charge is 0.255 e. The van der Waals surface area contributed by atoms with Gasteiger partial charge in [-0.2, -0.15) is 0 Å². The van der Waals surface area contributed by atoms with Gasteiger partial charge in [0.1, 0.15) is 0 Å². The third kappa shape index (κ3) is 5.47. The molecule has 1 aliphatic heterocycles. The third-order valence-electron chi connectivity index (χ3n) is 7.29. The lowest BCUT2D eigenvalue weighted by molar-refractivity contribution is -0.118. The number of rotatable bonds is 7. The fourth-order valence-corrected chi connectivity index (χ4v) is 5.26. The summed E-state index contributed by atoms with van der Waals surface area (Å²) in [5, 5.41) is 3.05. The Morgan fingerprint density at radius 2 is 1.85 bits per heavy atom. The molecule has 0 spiro atoms. The van der Waals surface area contributed by atoms with Gasteiger partial charge in [0.25, 0.3) is 5.91 Å². The molecule has 0 aromatic heterocycles. The van der Waals surface area contributed by atoms with Crippen molar-refractivity contribution in [2.45, 2.75) is 77.3 Å². The molecule has 5 heteroatoms. The summed E-state index contributed by atoms with van der Waals surface area (Å²) in [4.78, 5) is 29.4. The van der Waals surface area contributed by atoms with E-state index in [1.807, 2.05) is 24.3 Å². The van der Waals surface area contributed by atoms with Crippen molar-refractivity contribution >= 4 is 23.2 Å². The highest BCUT2D eigenvalue weighted by molar-refractivity contribution is 6.05. The molecule has 2 aromatic rings. The van der Waals surface area contributed by atoms with Gasteiger partial charge >= 0.3 is 0 Å². The highest BCUT2D eigenvalue weighted by Crippen LogP contribution is 2.30. The lowest BCUT2D eigenvalue weighted by Gasteiger charge is -2.31. The molecule has 2 amide bonds. The van der Waals surface area contributed by atoms with Crippen molar-refractivity contribution in [1.82, 2.24) is 4.90 Å². The van der Waals surface area contributed by atoms with Crippen LogP contribution in [0, 0.1) is 0 Å². The molecule has 1 N–H and O–H groups in total. The van der Waals surface area contributed by atoms with Crippen molar-refractivity contribution in [2.24, 2.45) is 0 Å². The van der Waals surface area contributed by atoms with E-state index in [0.29, 0.717) is 18.0 Å². The summed E-state index contributed by atoms with van der Waals surface area (Å²) < 4.78 is 0. The molecule has 176 valence electrons. The standard InChI is InChI=1S/C28H37N3O2/c1-4-8-20-11-12-22(17-23(20)19-30(2)25-9-6-5-7-10-25)28(33)29-24-15-13-21-14-16-27(32)31(3)26(21)18-24/h11-13,15,17-18,25H,4-10,14,16,19H2,1-3H3,(H,29,33). The first-order valence-corrected chi connectivity index (χ1v) is 12.5. The Kier molecular flexibility index (Phi) is 7.49. The van der Waals surface area contributed by atoms with Gasteiger partial charge in [0.15, 0.2) is 0 Å². The number of nitrogens with one attached hydrogen (secondary N) is 1. The number of anilines is 2. The van der Waals surface area contributed by atoms with E-state index < -0.39 is 0 Å². The Morgan fingerprint density at radius 1 is 1.06 bits per heavy atom. The van der Waals surface area contributed by atoms with Crippen LogP contribution in [0.3, 0.4) is 0 Å². The van der Waals surface area contributed by atoms with E-state index in [-0.39, 0.29) is 11.8 Å². The maximum Gasteiger partial charge on any atom is 0.255 e. The van der Waals surface area contributed by atoms with Gasteiger partial charge in [0, 0.05) is 43.0 Å². The van der Waals surface area contributed by atoms with E-state index in [1.165, 1.54) is 43.2 Å². The SMILES string of the molecule is CCCc1ccc(C(=O)Nc2ccc3c(c2)N(C)C(=O)CC3)cc1CN(C)C1CCCCC1. The number of nitrogens with zero attached hydrogens (tertiary/aromatic N) is 2. The second-order valence-corrected chi connectivity index (χ2v) is 9.69. The summed E-state index contributed by atoms with van der Waals surface area (Å²) in [6.07, 6.45) is 9.95. The van der Waals surface area contributed by atoms with Crippen LogP contribution in [-0.2, 0) is 24.2 Å². The lowest BCUT2D eigenvalue weighted by atomic mass is 9.93. The fourth-order valence-electron chi connectivity index (χ4n) is 5.26. The van der Waals surface area contributed by atoms with Crippen molar-refractivity contribution < 1.29 is 9.59 Å². The van der Waals surface area contributed by atoms with Gasteiger partial charge in [-0.15, -0.1) is 0 Å². The normalized spacial score (nSPS) is 16.7. The topological polar surface area (TPSA) is 52.7 Å². The summed E-state index contributed by atoms with van der Waals surface area (Å²) >= 11 is 0. The monoisotopic (exact) mass is 447 g/mol. The number of hydrogen-bond donors (Lipinski definition) is 1. The Balaban J connectivity index is 1.51. The number of fused-ring (bicyclic) bond motifs is 1. The number of benzene rings is 2. The van der Waals surface area contributed by atoms with Crippen LogP contribution in [0.4, 0.5) is 11.4 Å². The van der Waals surface area contributed by atoms with E-state index in [2.05, 4.69) is 36.3 Å². The molecular weight excluding hydrogens is 410 g/mol. The van der Waals surface area contributed by atoms with Gasteiger partial charge in [0.2, 0.25) is 5.91 Å². The number of aryl methyl sites for hydroxylation is 2. The van der Waals surface area contributed by atoms with Crippen LogP contribution in [0.2, 0.25) is 0 Å². The van der Waals surface area contributed by atoms with Crippen LogP contribution < -0.4 is 10.2 Å². The maximum absolute atomic E-state index is 13.1. The van der Waals surface area contributed by atoms with Gasteiger partial charge in [-0.3, -0.25) is 14.5 Å². The van der Waals surface area contributed by atoms with E-state index in [4.69, 9.17) is 0 Å². The number of carbonyl (C=O) groups is 2. The van der Waals surface area contributed by atoms with Gasteiger partial charge in [0.05, 0.1) is 0 Å². The number of hydrogen-bond acceptors (Lipinski definition) is 3. The van der Waals surface area contributed by atoms with Crippen LogP contribution in [0.25, 0.3) is 0 Å². The quantitative estimate of drug-likeness (QED) is 0.604. The molecule has 2 aromatic carbocycles. The predicted octanol–water partition coefficient (Wildman–Crippen LogP) is 5.56. The van der Waals surface area contributed by atoms with E-state index in [9.17, 15) is 9.59 Å². The summed E-state index contributed by atoms with van der Waals surface area (Å²) in [6.45, 7) is 3.08. The summed E-state index contributed by atoms with van der Waals surface area (Å²) in [5.74, 6) is 0.00794. The molecule has 0 unspecified atom stereocenters. The summed E-state index contributed by atoms with van der Waals surface area (Å²) in [7, 11) is 4.02. The Bertz CT molecular complexity index is 1010. The summed E-state index contributed by atoms with van der Waals surface area (Å²) in [6, 6.07) is 12.6. The first-order valence-electron chi connectivity index (χ1n) is 12.5. The second-order valence-electron chi connectivity index (χ2n) is 9.69. The molecule has 2 aliphatic rings. The Hall–Kier alpha value is -2.66. The van der Waals surface area contributed by atoms with Crippen molar-refractivity contribution in [3.63, 3.8) is 0 Å². The molecule has 33 heavy (non-hydrogen) atoms. The molecule has 1 heterocycles. The minimum Gasteiger partial charge on any atom is -0.322 e. The first kappa shape index (κ1) is 23.5. The van der Waals surface area contributed by atoms with Crippen molar-refractivity contribution in [1.29, 1.82) is 0 Å². The van der Waals surface area contributed by atoms with E-state index in [1.54, 1.807) is 11.9 Å². The highest BCUT2D eigenvalue weighted by Gasteiger charge is 2.22. The minimum absolute atomic E-state index is 0.107. The van der Waals surface area contributed by atoms with Crippen LogP contribution in [0.1, 0.15) is 78.9 Å². The molecule has 0 saturated heterocycles. The lowest BCUT2D eigenvalue weighted by Crippen LogP contribution is -2.33. The molecule has 5 nitrogen and oxygen atoms in total. The van der Waals surface area contributed by atoms with Gasteiger partial charge < -0.3 is 10.2 Å². The van der Waals surface area contributed by atoms with Crippen LogP contribution >= 0.6 is 0 Å².